The number of likely N-dealkylation sites (tertiary alicyclic amines) is 1. The van der Waals surface area contributed by atoms with Crippen LogP contribution < -0.4 is 14.8 Å². The molecule has 0 spiro atoms. The van der Waals surface area contributed by atoms with E-state index in [4.69, 9.17) is 9.47 Å². The number of carbonyl (C=O) groups excluding carboxylic acids is 3. The highest BCUT2D eigenvalue weighted by Gasteiger charge is 2.25. The molecular formula is C32H30N4O5. The Morgan fingerprint density at radius 2 is 1.49 bits per heavy atom. The second kappa shape index (κ2) is 12.4. The summed E-state index contributed by atoms with van der Waals surface area (Å²) in [5.41, 5.74) is 2.86. The lowest BCUT2D eigenvalue weighted by molar-refractivity contribution is 0.0589. The van der Waals surface area contributed by atoms with Crippen LogP contribution in [0.5, 0.6) is 17.4 Å². The number of aromatic nitrogens is 2. The van der Waals surface area contributed by atoms with E-state index in [0.29, 0.717) is 47.2 Å². The first-order valence-corrected chi connectivity index (χ1v) is 13.4. The zero-order valence-electron chi connectivity index (χ0n) is 22.9. The normalized spacial score (nSPS) is 13.4. The molecule has 1 aliphatic rings. The number of anilines is 1. The number of piperidine rings is 1. The van der Waals surface area contributed by atoms with E-state index >= 15 is 0 Å². The summed E-state index contributed by atoms with van der Waals surface area (Å²) in [7, 11) is 0. The minimum absolute atomic E-state index is 0.0216. The van der Waals surface area contributed by atoms with Crippen molar-refractivity contribution in [3.05, 3.63) is 108 Å². The lowest BCUT2D eigenvalue weighted by atomic mass is 10.1. The molecule has 9 nitrogen and oxygen atoms in total. The van der Waals surface area contributed by atoms with Crippen LogP contribution in [-0.4, -0.2) is 51.7 Å². The molecule has 2 aromatic carbocycles. The lowest BCUT2D eigenvalue weighted by Crippen LogP contribution is -2.42. The van der Waals surface area contributed by atoms with Gasteiger partial charge in [0, 0.05) is 43.8 Å². The summed E-state index contributed by atoms with van der Waals surface area (Å²) in [6.45, 7) is 4.70. The predicted molar refractivity (Wildman–Crippen MR) is 154 cm³/mol. The van der Waals surface area contributed by atoms with E-state index in [9.17, 15) is 14.4 Å². The second-order valence-corrected chi connectivity index (χ2v) is 9.88. The molecule has 3 heterocycles. The molecule has 0 radical (unpaired) electrons. The van der Waals surface area contributed by atoms with Crippen LogP contribution in [-0.2, 0) is 0 Å². The fraction of sp³-hybridized carbons (Fsp3) is 0.219. The van der Waals surface area contributed by atoms with Gasteiger partial charge in [0.25, 0.3) is 11.8 Å². The Hall–Kier alpha value is -5.05. The number of ketones is 1. The minimum atomic E-state index is -0.374. The summed E-state index contributed by atoms with van der Waals surface area (Å²) in [6.07, 6.45) is 4.42. The molecule has 0 aliphatic carbocycles. The Morgan fingerprint density at radius 1 is 0.805 bits per heavy atom. The number of rotatable bonds is 8. The molecule has 9 heteroatoms. The topological polar surface area (TPSA) is 111 Å². The van der Waals surface area contributed by atoms with Crippen molar-refractivity contribution in [2.45, 2.75) is 32.8 Å². The average Bonchev–Trinajstić information content (AvgIpc) is 3.00. The largest absolute Gasteiger partial charge is 0.490 e. The number of hydrogen-bond donors (Lipinski definition) is 1. The van der Waals surface area contributed by atoms with Crippen molar-refractivity contribution < 1.29 is 23.9 Å². The summed E-state index contributed by atoms with van der Waals surface area (Å²) in [4.78, 5) is 47.3. The van der Waals surface area contributed by atoms with Crippen LogP contribution in [0.4, 0.5) is 5.69 Å². The molecule has 0 atom stereocenters. The van der Waals surface area contributed by atoms with Gasteiger partial charge < -0.3 is 19.7 Å². The van der Waals surface area contributed by atoms with Gasteiger partial charge in [0.15, 0.2) is 5.78 Å². The SMILES string of the molecule is CC(=O)c1ccc(Oc2ccc(NC(=O)c3ccc(C(=O)N4CCC(Oc5ccc(C)cc5)CC4)nc3)cn2)cc1. The van der Waals surface area contributed by atoms with Crippen molar-refractivity contribution in [2.24, 2.45) is 0 Å². The molecule has 1 saturated heterocycles. The first-order chi connectivity index (χ1) is 19.8. The van der Waals surface area contributed by atoms with Gasteiger partial charge in [0.2, 0.25) is 5.88 Å². The highest BCUT2D eigenvalue weighted by molar-refractivity contribution is 6.04. The lowest BCUT2D eigenvalue weighted by Gasteiger charge is -2.32. The Balaban J connectivity index is 1.11. The Kier molecular flexibility index (Phi) is 8.34. The third-order valence-corrected chi connectivity index (χ3v) is 6.78. The molecule has 1 fully saturated rings. The molecule has 0 unspecified atom stereocenters. The third-order valence-electron chi connectivity index (χ3n) is 6.78. The number of pyridine rings is 2. The monoisotopic (exact) mass is 550 g/mol. The fourth-order valence-corrected chi connectivity index (χ4v) is 4.40. The Labute approximate surface area is 238 Å². The zero-order valence-corrected chi connectivity index (χ0v) is 22.9. The van der Waals surface area contributed by atoms with Gasteiger partial charge in [-0.05, 0) is 68.4 Å². The standard InChI is InChI=1S/C32H30N4O5/c1-21-3-9-26(10-4-21)40-28-15-17-36(18-16-28)32(39)29-13-7-24(19-33-29)31(38)35-25-8-14-30(34-20-25)41-27-11-5-23(6-12-27)22(2)37/h3-14,19-20,28H,15-18H2,1-2H3,(H,35,38). The van der Waals surface area contributed by atoms with Gasteiger partial charge in [-0.3, -0.25) is 19.4 Å². The molecule has 208 valence electrons. The molecule has 41 heavy (non-hydrogen) atoms. The van der Waals surface area contributed by atoms with E-state index in [0.717, 1.165) is 18.6 Å². The minimum Gasteiger partial charge on any atom is -0.490 e. The number of hydrogen-bond acceptors (Lipinski definition) is 7. The number of carbonyl (C=O) groups is 3. The van der Waals surface area contributed by atoms with E-state index in [2.05, 4.69) is 15.3 Å². The van der Waals surface area contributed by atoms with Gasteiger partial charge in [-0.2, -0.15) is 0 Å². The summed E-state index contributed by atoms with van der Waals surface area (Å²) in [5.74, 6) is 1.16. The zero-order chi connectivity index (χ0) is 28.8. The first kappa shape index (κ1) is 27.5. The Morgan fingerprint density at radius 3 is 2.10 bits per heavy atom. The van der Waals surface area contributed by atoms with E-state index in [1.54, 1.807) is 53.4 Å². The quantitative estimate of drug-likeness (QED) is 0.280. The molecule has 2 aromatic heterocycles. The fourth-order valence-electron chi connectivity index (χ4n) is 4.40. The smallest absolute Gasteiger partial charge is 0.272 e. The second-order valence-electron chi connectivity index (χ2n) is 9.88. The van der Waals surface area contributed by atoms with Crippen LogP contribution in [0, 0.1) is 6.92 Å². The van der Waals surface area contributed by atoms with E-state index in [1.165, 1.54) is 24.9 Å². The van der Waals surface area contributed by atoms with Crippen LogP contribution in [0.15, 0.2) is 85.2 Å². The van der Waals surface area contributed by atoms with Crippen molar-refractivity contribution in [3.63, 3.8) is 0 Å². The molecule has 1 N–H and O–H groups in total. The van der Waals surface area contributed by atoms with E-state index in [1.807, 2.05) is 31.2 Å². The molecule has 5 rings (SSSR count). The molecule has 0 saturated carbocycles. The van der Waals surface area contributed by atoms with Crippen LogP contribution in [0.25, 0.3) is 0 Å². The predicted octanol–water partition coefficient (Wildman–Crippen LogP) is 5.72. The van der Waals surface area contributed by atoms with Gasteiger partial charge in [-0.25, -0.2) is 4.98 Å². The van der Waals surface area contributed by atoms with Crippen molar-refractivity contribution in [3.8, 4) is 17.4 Å². The number of aryl methyl sites for hydroxylation is 1. The summed E-state index contributed by atoms with van der Waals surface area (Å²) >= 11 is 0. The maximum Gasteiger partial charge on any atom is 0.272 e. The van der Waals surface area contributed by atoms with Gasteiger partial charge >= 0.3 is 0 Å². The van der Waals surface area contributed by atoms with Crippen LogP contribution >= 0.6 is 0 Å². The van der Waals surface area contributed by atoms with Crippen molar-refractivity contribution >= 4 is 23.3 Å². The summed E-state index contributed by atoms with van der Waals surface area (Å²) in [5, 5.41) is 2.77. The number of amides is 2. The average molecular weight is 551 g/mol. The first-order valence-electron chi connectivity index (χ1n) is 13.4. The Bertz CT molecular complexity index is 1510. The third kappa shape index (κ3) is 7.13. The molecule has 4 aromatic rings. The summed E-state index contributed by atoms with van der Waals surface area (Å²) in [6, 6.07) is 21.2. The number of nitrogens with zero attached hydrogens (tertiary/aromatic N) is 3. The molecule has 1 aliphatic heterocycles. The van der Waals surface area contributed by atoms with E-state index in [-0.39, 0.29) is 23.7 Å². The van der Waals surface area contributed by atoms with Crippen LogP contribution in [0.1, 0.15) is 56.5 Å². The van der Waals surface area contributed by atoms with E-state index < -0.39 is 0 Å². The molecular weight excluding hydrogens is 520 g/mol. The van der Waals surface area contributed by atoms with Gasteiger partial charge in [0.05, 0.1) is 17.4 Å². The van der Waals surface area contributed by atoms with Gasteiger partial charge in [-0.15, -0.1) is 0 Å². The highest BCUT2D eigenvalue weighted by Crippen LogP contribution is 2.22. The van der Waals surface area contributed by atoms with Crippen molar-refractivity contribution in [2.75, 3.05) is 18.4 Å². The summed E-state index contributed by atoms with van der Waals surface area (Å²) < 4.78 is 11.8. The number of ether oxygens (including phenoxy) is 2. The maximum absolute atomic E-state index is 13.0. The number of Topliss-reactive ketones (excluding diaryl/α,β-unsaturated/α-hetero) is 1. The molecule has 0 bridgehead atoms. The van der Waals surface area contributed by atoms with Gasteiger partial charge in [-0.1, -0.05) is 17.7 Å². The molecule has 2 amide bonds. The maximum atomic E-state index is 13.0. The van der Waals surface area contributed by atoms with Crippen LogP contribution in [0.2, 0.25) is 0 Å². The van der Waals surface area contributed by atoms with Crippen molar-refractivity contribution in [1.82, 2.24) is 14.9 Å². The van der Waals surface area contributed by atoms with Crippen LogP contribution in [0.3, 0.4) is 0 Å². The highest BCUT2D eigenvalue weighted by atomic mass is 16.5. The number of benzene rings is 2. The van der Waals surface area contributed by atoms with Gasteiger partial charge in [0.1, 0.15) is 23.3 Å². The van der Waals surface area contributed by atoms with Crippen molar-refractivity contribution in [1.29, 1.82) is 0 Å². The number of nitrogens with one attached hydrogen (secondary N) is 1.